The third-order valence-corrected chi connectivity index (χ3v) is 4.99. The van der Waals surface area contributed by atoms with E-state index in [4.69, 9.17) is 4.74 Å². The molecule has 0 unspecified atom stereocenters. The number of fused-ring (bicyclic) bond motifs is 1. The molecule has 3 rings (SSSR count). The van der Waals surface area contributed by atoms with Crippen LogP contribution < -0.4 is 15.6 Å². The topological polar surface area (TPSA) is 73.2 Å². The van der Waals surface area contributed by atoms with Gasteiger partial charge in [-0.05, 0) is 24.6 Å². The van der Waals surface area contributed by atoms with Crippen molar-refractivity contribution in [1.29, 1.82) is 0 Å². The van der Waals surface area contributed by atoms with Gasteiger partial charge in [0.05, 0.1) is 13.2 Å². The van der Waals surface area contributed by atoms with E-state index in [1.807, 2.05) is 24.3 Å². The minimum atomic E-state index is -0.138. The summed E-state index contributed by atoms with van der Waals surface area (Å²) >= 11 is 1.52. The van der Waals surface area contributed by atoms with Gasteiger partial charge in [-0.3, -0.25) is 14.2 Å². The molecular formula is C17H19N3O3S. The Morgan fingerprint density at radius 3 is 2.88 bits per heavy atom. The Bertz CT molecular complexity index is 802. The molecule has 7 heteroatoms. The van der Waals surface area contributed by atoms with E-state index in [9.17, 15) is 9.59 Å². The highest BCUT2D eigenvalue weighted by atomic mass is 32.2. The van der Waals surface area contributed by atoms with Crippen molar-refractivity contribution in [3.8, 4) is 5.75 Å². The zero-order valence-corrected chi connectivity index (χ0v) is 14.4. The molecule has 0 spiro atoms. The second kappa shape index (κ2) is 7.09. The van der Waals surface area contributed by atoms with Crippen LogP contribution in [0.2, 0.25) is 0 Å². The Labute approximate surface area is 144 Å². The largest absolute Gasteiger partial charge is 0.497 e. The number of rotatable bonds is 5. The van der Waals surface area contributed by atoms with Crippen LogP contribution in [0.1, 0.15) is 23.7 Å². The summed E-state index contributed by atoms with van der Waals surface area (Å²) in [5, 5.41) is 3.60. The molecule has 1 aromatic heterocycles. The monoisotopic (exact) mass is 345 g/mol. The molecule has 24 heavy (non-hydrogen) atoms. The summed E-state index contributed by atoms with van der Waals surface area (Å²) in [6.07, 6.45) is 0.279. The average molecular weight is 345 g/mol. The van der Waals surface area contributed by atoms with Crippen molar-refractivity contribution in [3.05, 3.63) is 51.9 Å². The van der Waals surface area contributed by atoms with Crippen molar-refractivity contribution in [2.75, 3.05) is 12.9 Å². The van der Waals surface area contributed by atoms with E-state index in [-0.39, 0.29) is 23.9 Å². The van der Waals surface area contributed by atoms with E-state index in [0.717, 1.165) is 11.3 Å². The summed E-state index contributed by atoms with van der Waals surface area (Å²) in [6, 6.07) is 8.92. The van der Waals surface area contributed by atoms with Gasteiger partial charge in [-0.1, -0.05) is 23.9 Å². The summed E-state index contributed by atoms with van der Waals surface area (Å²) in [5.74, 6) is 1.41. The molecule has 1 aromatic carbocycles. The van der Waals surface area contributed by atoms with Crippen molar-refractivity contribution in [3.63, 3.8) is 0 Å². The number of aryl methyl sites for hydroxylation is 1. The molecule has 0 radical (unpaired) electrons. The first-order valence-corrected chi connectivity index (χ1v) is 8.68. The molecule has 1 amide bonds. The maximum atomic E-state index is 12.2. The lowest BCUT2D eigenvalue weighted by molar-refractivity contribution is -0.121. The van der Waals surface area contributed by atoms with E-state index in [2.05, 4.69) is 10.3 Å². The van der Waals surface area contributed by atoms with Gasteiger partial charge in [0.2, 0.25) is 5.91 Å². The smallest absolute Gasteiger partial charge is 0.254 e. The van der Waals surface area contributed by atoms with E-state index in [1.165, 1.54) is 17.8 Å². The molecule has 126 valence electrons. The minimum Gasteiger partial charge on any atom is -0.497 e. The van der Waals surface area contributed by atoms with Gasteiger partial charge >= 0.3 is 0 Å². The zero-order valence-electron chi connectivity index (χ0n) is 13.6. The third kappa shape index (κ3) is 3.62. The highest BCUT2D eigenvalue weighted by Gasteiger charge is 2.27. The zero-order chi connectivity index (χ0) is 17.1. The summed E-state index contributed by atoms with van der Waals surface area (Å²) in [7, 11) is 1.62. The number of ether oxygens (including phenoxy) is 1. The number of nitrogens with zero attached hydrogens (tertiary/aromatic N) is 2. The highest BCUT2D eigenvalue weighted by molar-refractivity contribution is 7.99. The number of carbonyl (C=O) groups excluding carboxylic acids is 1. The fourth-order valence-electron chi connectivity index (χ4n) is 2.64. The van der Waals surface area contributed by atoms with Crippen LogP contribution in [0.5, 0.6) is 5.75 Å². The summed E-state index contributed by atoms with van der Waals surface area (Å²) in [5.41, 5.74) is 1.62. The first-order valence-electron chi connectivity index (χ1n) is 7.69. The minimum absolute atomic E-state index is 0.0725. The fourth-order valence-corrected chi connectivity index (χ4v) is 3.84. The molecule has 0 saturated carbocycles. The first-order chi connectivity index (χ1) is 11.6. The van der Waals surface area contributed by atoms with Crippen LogP contribution in [-0.4, -0.2) is 28.3 Å². The van der Waals surface area contributed by atoms with Gasteiger partial charge in [0, 0.05) is 30.5 Å². The van der Waals surface area contributed by atoms with Crippen molar-refractivity contribution < 1.29 is 9.53 Å². The van der Waals surface area contributed by atoms with Crippen molar-refractivity contribution in [1.82, 2.24) is 14.9 Å². The molecule has 0 fully saturated rings. The van der Waals surface area contributed by atoms with Gasteiger partial charge in [-0.2, -0.15) is 0 Å². The van der Waals surface area contributed by atoms with Crippen LogP contribution in [0.3, 0.4) is 0 Å². The van der Waals surface area contributed by atoms with Gasteiger partial charge < -0.3 is 10.1 Å². The number of hydrogen-bond donors (Lipinski definition) is 1. The molecule has 6 nitrogen and oxygen atoms in total. The number of benzene rings is 1. The van der Waals surface area contributed by atoms with E-state index >= 15 is 0 Å². The Hall–Kier alpha value is -2.28. The summed E-state index contributed by atoms with van der Waals surface area (Å²) < 4.78 is 6.74. The van der Waals surface area contributed by atoms with Crippen molar-refractivity contribution >= 4 is 17.7 Å². The van der Waals surface area contributed by atoms with Gasteiger partial charge in [-0.25, -0.2) is 4.98 Å². The Morgan fingerprint density at radius 1 is 1.42 bits per heavy atom. The molecule has 2 heterocycles. The normalized spacial score (nSPS) is 15.8. The lowest BCUT2D eigenvalue weighted by Gasteiger charge is -2.13. The van der Waals surface area contributed by atoms with E-state index in [0.29, 0.717) is 23.1 Å². The number of nitrogens with one attached hydrogen (secondary N) is 1. The fraction of sp³-hybridized carbons (Fsp3) is 0.353. The SMILES string of the molecule is COc1ccc(CNC(=O)C[C@@H]2CSc3nc(C)cc(=O)n32)cc1. The second-order valence-electron chi connectivity index (χ2n) is 5.68. The maximum Gasteiger partial charge on any atom is 0.254 e. The molecular weight excluding hydrogens is 326 g/mol. The number of methoxy groups -OCH3 is 1. The number of aromatic nitrogens is 2. The predicted octanol–water partition coefficient (Wildman–Crippen LogP) is 1.91. The predicted molar refractivity (Wildman–Crippen MR) is 92.5 cm³/mol. The van der Waals surface area contributed by atoms with Crippen molar-refractivity contribution in [2.24, 2.45) is 0 Å². The molecule has 0 saturated heterocycles. The quantitative estimate of drug-likeness (QED) is 0.838. The molecule has 2 aromatic rings. The van der Waals surface area contributed by atoms with Gasteiger partial charge in [0.15, 0.2) is 5.16 Å². The highest BCUT2D eigenvalue weighted by Crippen LogP contribution is 2.31. The number of carbonyl (C=O) groups is 1. The molecule has 0 bridgehead atoms. The summed E-state index contributed by atoms with van der Waals surface area (Å²) in [6.45, 7) is 2.26. The molecule has 0 aliphatic carbocycles. The van der Waals surface area contributed by atoms with Crippen LogP contribution in [0.15, 0.2) is 40.3 Å². The second-order valence-corrected chi connectivity index (χ2v) is 6.67. The standard InChI is InChI=1S/C17H19N3O3S/c1-11-7-16(22)20-13(10-24-17(20)19-11)8-15(21)18-9-12-3-5-14(23-2)6-4-12/h3-7,13H,8-10H2,1-2H3,(H,18,21)/t13-/m1/s1. The number of hydrogen-bond acceptors (Lipinski definition) is 5. The lowest BCUT2D eigenvalue weighted by Crippen LogP contribution is -2.30. The van der Waals surface area contributed by atoms with E-state index in [1.54, 1.807) is 18.6 Å². The Morgan fingerprint density at radius 2 is 2.17 bits per heavy atom. The molecule has 1 atom stereocenters. The van der Waals surface area contributed by atoms with Gasteiger partial charge in [0.1, 0.15) is 5.75 Å². The van der Waals surface area contributed by atoms with Crippen LogP contribution in [0.4, 0.5) is 0 Å². The Kier molecular flexibility index (Phi) is 4.89. The van der Waals surface area contributed by atoms with E-state index < -0.39 is 0 Å². The lowest BCUT2D eigenvalue weighted by atomic mass is 10.2. The van der Waals surface area contributed by atoms with Gasteiger partial charge in [-0.15, -0.1) is 0 Å². The molecule has 1 aliphatic rings. The Balaban J connectivity index is 1.59. The first kappa shape index (κ1) is 16.6. The maximum absolute atomic E-state index is 12.2. The third-order valence-electron chi connectivity index (χ3n) is 3.89. The number of amides is 1. The summed E-state index contributed by atoms with van der Waals surface area (Å²) in [4.78, 5) is 28.7. The average Bonchev–Trinajstić information content (AvgIpc) is 2.96. The number of thioether (sulfide) groups is 1. The van der Waals surface area contributed by atoms with Crippen LogP contribution in [0, 0.1) is 6.92 Å². The molecule has 1 aliphatic heterocycles. The molecule has 1 N–H and O–H groups in total. The van der Waals surface area contributed by atoms with Gasteiger partial charge in [0.25, 0.3) is 5.56 Å². The van der Waals surface area contributed by atoms with Crippen molar-refractivity contribution in [2.45, 2.75) is 31.1 Å². The van der Waals surface area contributed by atoms with Crippen LogP contribution in [-0.2, 0) is 11.3 Å². The van der Waals surface area contributed by atoms with Crippen LogP contribution >= 0.6 is 11.8 Å². The van der Waals surface area contributed by atoms with Crippen LogP contribution in [0.25, 0.3) is 0 Å².